The molecule has 2 aliphatic heterocycles. The Morgan fingerprint density at radius 1 is 1.25 bits per heavy atom. The number of imide groups is 1. The van der Waals surface area contributed by atoms with E-state index in [1.165, 1.54) is 0 Å². The van der Waals surface area contributed by atoms with Gasteiger partial charge in [-0.15, -0.1) is 0 Å². The number of rotatable bonds is 5. The lowest BCUT2D eigenvalue weighted by Crippen LogP contribution is -2.50. The van der Waals surface area contributed by atoms with E-state index in [4.69, 9.17) is 23.2 Å². The van der Waals surface area contributed by atoms with E-state index in [1.807, 2.05) is 20.8 Å². The van der Waals surface area contributed by atoms with Crippen molar-refractivity contribution in [1.29, 1.82) is 0 Å². The fourth-order valence-electron chi connectivity index (χ4n) is 3.57. The van der Waals surface area contributed by atoms with Crippen molar-refractivity contribution in [2.45, 2.75) is 39.7 Å². The lowest BCUT2D eigenvalue weighted by molar-refractivity contribution is -0.144. The molecule has 2 heterocycles. The summed E-state index contributed by atoms with van der Waals surface area (Å²) in [5, 5.41) is 3.20. The first-order chi connectivity index (χ1) is 15.0. The normalized spacial score (nSPS) is 20.4. The van der Waals surface area contributed by atoms with E-state index < -0.39 is 22.6 Å². The van der Waals surface area contributed by atoms with Crippen LogP contribution >= 0.6 is 35.0 Å². The first-order valence-corrected chi connectivity index (χ1v) is 11.9. The Labute approximate surface area is 201 Å². The van der Waals surface area contributed by atoms with Crippen LogP contribution in [-0.4, -0.2) is 58.4 Å². The minimum Gasteiger partial charge on any atom is -0.353 e. The lowest BCUT2D eigenvalue weighted by atomic mass is 9.94. The summed E-state index contributed by atoms with van der Waals surface area (Å²) in [5.74, 6) is -0.770. The van der Waals surface area contributed by atoms with Gasteiger partial charge in [-0.2, -0.15) is 0 Å². The first kappa shape index (κ1) is 24.6. The first-order valence-electron chi connectivity index (χ1n) is 10.3. The number of carbonyl (C=O) groups is 4. The molecule has 2 aliphatic rings. The maximum Gasteiger partial charge on any atom is 0.293 e. The summed E-state index contributed by atoms with van der Waals surface area (Å²) in [4.78, 5) is 53.2. The van der Waals surface area contributed by atoms with Gasteiger partial charge >= 0.3 is 0 Å². The summed E-state index contributed by atoms with van der Waals surface area (Å²) >= 11 is 12.9. The van der Waals surface area contributed by atoms with E-state index in [9.17, 15) is 19.2 Å². The maximum atomic E-state index is 12.7. The molecular formula is C22H25Cl2N3O4S. The highest BCUT2D eigenvalue weighted by molar-refractivity contribution is 8.18. The third-order valence-electron chi connectivity index (χ3n) is 5.22. The average Bonchev–Trinajstić information content (AvgIpc) is 3.29. The van der Waals surface area contributed by atoms with Crippen molar-refractivity contribution in [2.75, 3.05) is 19.6 Å². The molecule has 3 rings (SSSR count). The Hall–Kier alpha value is -2.03. The summed E-state index contributed by atoms with van der Waals surface area (Å²) in [6.07, 6.45) is 2.91. The van der Waals surface area contributed by atoms with Gasteiger partial charge in [0.25, 0.3) is 11.1 Å². The van der Waals surface area contributed by atoms with Gasteiger partial charge in [0.05, 0.1) is 4.91 Å². The van der Waals surface area contributed by atoms with E-state index in [0.29, 0.717) is 28.6 Å². The predicted molar refractivity (Wildman–Crippen MR) is 126 cm³/mol. The highest BCUT2D eigenvalue weighted by atomic mass is 35.5. The van der Waals surface area contributed by atoms with E-state index in [-0.39, 0.29) is 29.8 Å². The summed E-state index contributed by atoms with van der Waals surface area (Å²) < 4.78 is 0. The number of carbonyl (C=O) groups excluding carboxylic acids is 4. The molecule has 172 valence electrons. The van der Waals surface area contributed by atoms with Crippen molar-refractivity contribution < 1.29 is 19.2 Å². The molecule has 4 amide bonds. The Bertz CT molecular complexity index is 990. The zero-order chi connectivity index (χ0) is 23.6. The lowest BCUT2D eigenvalue weighted by Gasteiger charge is -2.30. The van der Waals surface area contributed by atoms with Gasteiger partial charge in [-0.25, -0.2) is 0 Å². The molecule has 32 heavy (non-hydrogen) atoms. The van der Waals surface area contributed by atoms with Crippen LogP contribution in [0.1, 0.15) is 39.2 Å². The monoisotopic (exact) mass is 497 g/mol. The minimum atomic E-state index is -0.565. The van der Waals surface area contributed by atoms with Gasteiger partial charge < -0.3 is 10.2 Å². The molecule has 0 saturated carbocycles. The fourth-order valence-corrected chi connectivity index (χ4v) is 4.89. The van der Waals surface area contributed by atoms with Crippen molar-refractivity contribution in [3.8, 4) is 0 Å². The fraction of sp³-hybridized carbons (Fsp3) is 0.455. The average molecular weight is 498 g/mol. The van der Waals surface area contributed by atoms with E-state index in [0.717, 1.165) is 23.1 Å². The number of halogens is 2. The van der Waals surface area contributed by atoms with Crippen molar-refractivity contribution in [3.63, 3.8) is 0 Å². The molecule has 1 aromatic carbocycles. The molecule has 0 aromatic heterocycles. The number of thioether (sulfide) groups is 1. The molecule has 2 saturated heterocycles. The minimum absolute atomic E-state index is 0.0437. The van der Waals surface area contributed by atoms with Crippen LogP contribution in [0.15, 0.2) is 23.1 Å². The number of hydrogen-bond donors (Lipinski definition) is 1. The van der Waals surface area contributed by atoms with Crippen molar-refractivity contribution >= 4 is 64.0 Å². The summed E-state index contributed by atoms with van der Waals surface area (Å²) in [6, 6.07) is 4.36. The van der Waals surface area contributed by atoms with E-state index in [1.54, 1.807) is 29.2 Å². The highest BCUT2D eigenvalue weighted by Crippen LogP contribution is 2.34. The van der Waals surface area contributed by atoms with Crippen LogP contribution in [-0.2, 0) is 14.4 Å². The molecule has 1 atom stereocenters. The largest absolute Gasteiger partial charge is 0.353 e. The summed E-state index contributed by atoms with van der Waals surface area (Å²) in [6.45, 7) is 6.19. The van der Waals surface area contributed by atoms with Gasteiger partial charge in [-0.1, -0.05) is 50.0 Å². The van der Waals surface area contributed by atoms with Crippen LogP contribution in [0.5, 0.6) is 0 Å². The van der Waals surface area contributed by atoms with Crippen molar-refractivity contribution in [2.24, 2.45) is 5.41 Å². The molecule has 1 unspecified atom stereocenters. The molecule has 2 fully saturated rings. The Morgan fingerprint density at radius 2 is 1.97 bits per heavy atom. The topological polar surface area (TPSA) is 86.8 Å². The maximum absolute atomic E-state index is 12.7. The molecule has 1 aromatic rings. The number of nitrogens with one attached hydrogen (secondary N) is 1. The summed E-state index contributed by atoms with van der Waals surface area (Å²) in [7, 11) is 0. The van der Waals surface area contributed by atoms with Gasteiger partial charge in [0, 0.05) is 35.1 Å². The molecule has 0 bridgehead atoms. The van der Waals surface area contributed by atoms with Gasteiger partial charge in [-0.3, -0.25) is 24.1 Å². The quantitative estimate of drug-likeness (QED) is 0.616. The smallest absolute Gasteiger partial charge is 0.293 e. The number of benzene rings is 1. The predicted octanol–water partition coefficient (Wildman–Crippen LogP) is 4.18. The number of hydrogen-bond acceptors (Lipinski definition) is 5. The summed E-state index contributed by atoms with van der Waals surface area (Å²) in [5.41, 5.74) is 0.0178. The van der Waals surface area contributed by atoms with E-state index in [2.05, 4.69) is 5.32 Å². The second-order valence-corrected chi connectivity index (χ2v) is 10.5. The number of nitrogens with zero attached hydrogens (tertiary/aromatic N) is 2. The number of amides is 4. The second kappa shape index (κ2) is 9.85. The van der Waals surface area contributed by atoms with Crippen LogP contribution in [0, 0.1) is 5.41 Å². The van der Waals surface area contributed by atoms with Gasteiger partial charge in [0.15, 0.2) is 0 Å². The molecule has 10 heteroatoms. The third-order valence-corrected chi connectivity index (χ3v) is 6.69. The number of likely N-dealkylation sites (tertiary alicyclic amines) is 1. The van der Waals surface area contributed by atoms with Crippen molar-refractivity contribution in [1.82, 2.24) is 15.1 Å². The second-order valence-electron chi connectivity index (χ2n) is 8.70. The third kappa shape index (κ3) is 5.47. The Balaban J connectivity index is 1.58. The van der Waals surface area contributed by atoms with Crippen LogP contribution < -0.4 is 5.32 Å². The Kier molecular flexibility index (Phi) is 7.57. The molecular weight excluding hydrogens is 473 g/mol. The molecule has 1 N–H and O–H groups in total. The Morgan fingerprint density at radius 3 is 2.62 bits per heavy atom. The standard InChI is InChI=1S/C22H25Cl2N3O4S/c1-22(2,3)20(30)26-9-4-5-16(26)18(28)25-8-10-27-19(29)17(32-21(27)31)11-13-6-7-14(23)12-15(13)24/h6-7,11-12,16H,4-5,8-10H2,1-3H3,(H,25,28). The highest BCUT2D eigenvalue weighted by Gasteiger charge is 2.39. The molecule has 0 spiro atoms. The van der Waals surface area contributed by atoms with Gasteiger partial charge in [-0.05, 0) is 48.4 Å². The van der Waals surface area contributed by atoms with Crippen LogP contribution in [0.4, 0.5) is 4.79 Å². The van der Waals surface area contributed by atoms with Crippen LogP contribution in [0.25, 0.3) is 6.08 Å². The van der Waals surface area contributed by atoms with Crippen LogP contribution in [0.2, 0.25) is 10.0 Å². The molecule has 7 nitrogen and oxygen atoms in total. The molecule has 0 radical (unpaired) electrons. The zero-order valence-corrected chi connectivity index (χ0v) is 20.4. The van der Waals surface area contributed by atoms with Crippen LogP contribution in [0.3, 0.4) is 0 Å². The SMILES string of the molecule is CC(C)(C)C(=O)N1CCCC1C(=O)NCCN1C(=O)SC(=Cc2ccc(Cl)cc2Cl)C1=O. The van der Waals surface area contributed by atoms with Gasteiger partial charge in [0.2, 0.25) is 11.8 Å². The zero-order valence-electron chi connectivity index (χ0n) is 18.1. The van der Waals surface area contributed by atoms with Crippen molar-refractivity contribution in [3.05, 3.63) is 38.7 Å². The van der Waals surface area contributed by atoms with E-state index >= 15 is 0 Å². The molecule has 0 aliphatic carbocycles. The van der Waals surface area contributed by atoms with Gasteiger partial charge in [0.1, 0.15) is 6.04 Å².